The maximum atomic E-state index is 4.28. The van der Waals surface area contributed by atoms with Crippen LogP contribution >= 0.6 is 27.3 Å². The van der Waals surface area contributed by atoms with E-state index in [1.54, 1.807) is 11.3 Å². The Morgan fingerprint density at radius 3 is 2.63 bits per heavy atom. The fourth-order valence-corrected chi connectivity index (χ4v) is 3.05. The lowest BCUT2D eigenvalue weighted by atomic mass is 10.2. The molecule has 100 valence electrons. The first-order valence-corrected chi connectivity index (χ1v) is 8.19. The Morgan fingerprint density at radius 2 is 1.89 bits per heavy atom. The molecule has 1 aromatic carbocycles. The third-order valence-corrected chi connectivity index (χ3v) is 4.64. The molecule has 19 heavy (non-hydrogen) atoms. The van der Waals surface area contributed by atoms with Crippen LogP contribution in [0.2, 0.25) is 0 Å². The molecule has 3 nitrogen and oxygen atoms in total. The monoisotopic (exact) mass is 337 g/mol. The largest absolute Gasteiger partial charge is 0.314 e. The summed E-state index contributed by atoms with van der Waals surface area (Å²) in [7, 11) is 0. The molecule has 0 spiro atoms. The number of nitrogens with zero attached hydrogens (tertiary/aromatic N) is 2. The van der Waals surface area contributed by atoms with Crippen molar-refractivity contribution in [3.05, 3.63) is 44.3 Å². The van der Waals surface area contributed by atoms with Gasteiger partial charge in [0.1, 0.15) is 10.0 Å². The van der Waals surface area contributed by atoms with E-state index in [4.69, 9.17) is 0 Å². The van der Waals surface area contributed by atoms with Gasteiger partial charge in [-0.15, -0.1) is 21.5 Å². The molecule has 0 amide bonds. The second-order valence-corrected chi connectivity index (χ2v) is 6.93. The van der Waals surface area contributed by atoms with Gasteiger partial charge in [-0.05, 0) is 30.5 Å². The first-order chi connectivity index (χ1) is 9.29. The first kappa shape index (κ1) is 13.2. The highest BCUT2D eigenvalue weighted by Gasteiger charge is 2.19. The van der Waals surface area contributed by atoms with Crippen molar-refractivity contribution in [3.8, 4) is 0 Å². The molecule has 0 unspecified atom stereocenters. The zero-order chi connectivity index (χ0) is 13.1. The van der Waals surface area contributed by atoms with Crippen LogP contribution in [0.3, 0.4) is 0 Å². The van der Waals surface area contributed by atoms with Crippen LogP contribution in [-0.2, 0) is 12.8 Å². The van der Waals surface area contributed by atoms with Gasteiger partial charge >= 0.3 is 0 Å². The van der Waals surface area contributed by atoms with Gasteiger partial charge in [0.25, 0.3) is 0 Å². The Morgan fingerprint density at radius 1 is 1.16 bits per heavy atom. The summed E-state index contributed by atoms with van der Waals surface area (Å²) in [6.07, 6.45) is 4.55. The zero-order valence-corrected chi connectivity index (χ0v) is 13.0. The molecule has 1 saturated carbocycles. The minimum absolute atomic E-state index is 0.773. The predicted molar refractivity (Wildman–Crippen MR) is 81.6 cm³/mol. The first-order valence-electron chi connectivity index (χ1n) is 6.59. The fourth-order valence-electron chi connectivity index (χ4n) is 1.91. The number of rotatable bonds is 6. The van der Waals surface area contributed by atoms with Gasteiger partial charge in [0.2, 0.25) is 0 Å². The number of hydrogen-bond acceptors (Lipinski definition) is 4. The van der Waals surface area contributed by atoms with E-state index in [0.29, 0.717) is 0 Å². The van der Waals surface area contributed by atoms with Gasteiger partial charge in [0.05, 0.1) is 0 Å². The Labute approximate surface area is 125 Å². The highest BCUT2D eigenvalue weighted by molar-refractivity contribution is 9.10. The number of hydrogen-bond donors (Lipinski definition) is 1. The molecule has 2 aromatic rings. The maximum Gasteiger partial charge on any atom is 0.121 e. The van der Waals surface area contributed by atoms with E-state index < -0.39 is 0 Å². The van der Waals surface area contributed by atoms with Crippen LogP contribution in [-0.4, -0.2) is 22.8 Å². The minimum Gasteiger partial charge on any atom is -0.314 e. The molecule has 0 atom stereocenters. The molecule has 0 saturated heterocycles. The number of nitrogens with one attached hydrogen (secondary N) is 1. The summed E-state index contributed by atoms with van der Waals surface area (Å²) in [5.41, 5.74) is 1.28. The molecule has 1 N–H and O–H groups in total. The minimum atomic E-state index is 0.773. The third kappa shape index (κ3) is 4.09. The standard InChI is InChI=1S/C14H16BrN3S/c15-11-3-1-10(2-4-11)9-14-18-17-13(19-14)7-8-16-12-5-6-12/h1-4,12,16H,5-9H2. The van der Waals surface area contributed by atoms with Crippen LogP contribution in [0.1, 0.15) is 28.4 Å². The van der Waals surface area contributed by atoms with Crippen LogP contribution in [0.15, 0.2) is 28.7 Å². The Balaban J connectivity index is 1.53. The van der Waals surface area contributed by atoms with E-state index in [9.17, 15) is 0 Å². The van der Waals surface area contributed by atoms with Gasteiger partial charge in [0, 0.05) is 29.9 Å². The van der Waals surface area contributed by atoms with Gasteiger partial charge in [-0.2, -0.15) is 0 Å². The predicted octanol–water partition coefficient (Wildman–Crippen LogP) is 3.19. The van der Waals surface area contributed by atoms with Crippen molar-refractivity contribution >= 4 is 27.3 Å². The lowest BCUT2D eigenvalue weighted by molar-refractivity contribution is 0.677. The zero-order valence-electron chi connectivity index (χ0n) is 10.6. The van der Waals surface area contributed by atoms with Crippen molar-refractivity contribution in [1.82, 2.24) is 15.5 Å². The molecule has 5 heteroatoms. The van der Waals surface area contributed by atoms with Crippen LogP contribution in [0, 0.1) is 0 Å². The molecule has 1 aromatic heterocycles. The quantitative estimate of drug-likeness (QED) is 0.879. The molecular weight excluding hydrogens is 322 g/mol. The second-order valence-electron chi connectivity index (χ2n) is 4.87. The number of aromatic nitrogens is 2. The van der Waals surface area contributed by atoms with Crippen molar-refractivity contribution in [2.45, 2.75) is 31.7 Å². The summed E-state index contributed by atoms with van der Waals surface area (Å²) < 4.78 is 1.11. The Kier molecular flexibility index (Phi) is 4.25. The van der Waals surface area contributed by atoms with E-state index in [-0.39, 0.29) is 0 Å². The van der Waals surface area contributed by atoms with Crippen molar-refractivity contribution in [1.29, 1.82) is 0 Å². The fraction of sp³-hybridized carbons (Fsp3) is 0.429. The number of halogens is 1. The normalized spacial score (nSPS) is 14.8. The summed E-state index contributed by atoms with van der Waals surface area (Å²) in [6.45, 7) is 1.03. The summed E-state index contributed by atoms with van der Waals surface area (Å²) in [6, 6.07) is 9.16. The molecule has 1 fully saturated rings. The van der Waals surface area contributed by atoms with Crippen molar-refractivity contribution < 1.29 is 0 Å². The Bertz CT molecular complexity index is 534. The average molecular weight is 338 g/mol. The van der Waals surface area contributed by atoms with E-state index in [0.717, 1.165) is 39.9 Å². The topological polar surface area (TPSA) is 37.8 Å². The second kappa shape index (κ2) is 6.11. The van der Waals surface area contributed by atoms with Crippen molar-refractivity contribution in [3.63, 3.8) is 0 Å². The van der Waals surface area contributed by atoms with Crippen molar-refractivity contribution in [2.75, 3.05) is 6.54 Å². The van der Waals surface area contributed by atoms with Crippen LogP contribution in [0.5, 0.6) is 0 Å². The van der Waals surface area contributed by atoms with E-state index in [1.165, 1.54) is 18.4 Å². The summed E-state index contributed by atoms with van der Waals surface area (Å²) in [5, 5.41) is 14.3. The lowest BCUT2D eigenvalue weighted by Gasteiger charge is -1.98. The molecule has 1 heterocycles. The number of benzene rings is 1. The van der Waals surface area contributed by atoms with E-state index in [1.807, 2.05) is 0 Å². The maximum absolute atomic E-state index is 4.28. The molecule has 1 aliphatic carbocycles. The summed E-state index contributed by atoms with van der Waals surface area (Å²) in [5.74, 6) is 0. The third-order valence-electron chi connectivity index (χ3n) is 3.13. The smallest absolute Gasteiger partial charge is 0.121 e. The van der Waals surface area contributed by atoms with Gasteiger partial charge < -0.3 is 5.32 Å². The Hall–Kier alpha value is -0.780. The molecule has 3 rings (SSSR count). The highest BCUT2D eigenvalue weighted by atomic mass is 79.9. The van der Waals surface area contributed by atoms with Crippen LogP contribution in [0.4, 0.5) is 0 Å². The van der Waals surface area contributed by atoms with E-state index in [2.05, 4.69) is 55.7 Å². The molecule has 0 radical (unpaired) electrons. The highest BCUT2D eigenvalue weighted by Crippen LogP contribution is 2.19. The lowest BCUT2D eigenvalue weighted by Crippen LogP contribution is -2.19. The van der Waals surface area contributed by atoms with E-state index >= 15 is 0 Å². The molecule has 1 aliphatic rings. The summed E-state index contributed by atoms with van der Waals surface area (Å²) in [4.78, 5) is 0. The van der Waals surface area contributed by atoms with Gasteiger partial charge in [-0.3, -0.25) is 0 Å². The SMILES string of the molecule is Brc1ccc(Cc2nnc(CCNC3CC3)s2)cc1. The molecule has 0 bridgehead atoms. The van der Waals surface area contributed by atoms with Crippen molar-refractivity contribution in [2.24, 2.45) is 0 Å². The van der Waals surface area contributed by atoms with Crippen LogP contribution in [0.25, 0.3) is 0 Å². The van der Waals surface area contributed by atoms with Crippen LogP contribution < -0.4 is 5.32 Å². The molecular formula is C14H16BrN3S. The van der Waals surface area contributed by atoms with Gasteiger partial charge in [-0.25, -0.2) is 0 Å². The van der Waals surface area contributed by atoms with Gasteiger partial charge in [-0.1, -0.05) is 28.1 Å². The average Bonchev–Trinajstić information content (AvgIpc) is 3.12. The van der Waals surface area contributed by atoms with Gasteiger partial charge in [0.15, 0.2) is 0 Å². The summed E-state index contributed by atoms with van der Waals surface area (Å²) >= 11 is 5.18. The molecule has 0 aliphatic heterocycles.